The van der Waals surface area contributed by atoms with Crippen LogP contribution in [0.5, 0.6) is 0 Å². The molecule has 94 valence electrons. The molecule has 1 aliphatic heterocycles. The van der Waals surface area contributed by atoms with Crippen molar-refractivity contribution in [1.82, 2.24) is 19.5 Å². The number of aliphatic hydroxyl groups excluding tert-OH is 1. The molecular formula is C10H10FN5O2. The van der Waals surface area contributed by atoms with E-state index >= 15 is 0 Å². The molecule has 8 heteroatoms. The second-order valence-corrected chi connectivity index (χ2v) is 3.86. The number of aromatic nitrogens is 4. The Bertz CT molecular complexity index is 638. The Morgan fingerprint density at radius 2 is 2.33 bits per heavy atom. The van der Waals surface area contributed by atoms with E-state index < -0.39 is 12.1 Å². The number of ether oxygens (including phenoxy) is 1. The molecule has 0 spiro atoms. The van der Waals surface area contributed by atoms with E-state index in [1.54, 1.807) is 0 Å². The number of rotatable bonds is 2. The number of halogens is 1. The summed E-state index contributed by atoms with van der Waals surface area (Å²) in [6.07, 6.45) is 1.71. The van der Waals surface area contributed by atoms with Gasteiger partial charge in [-0.15, -0.1) is 0 Å². The fraction of sp³-hybridized carbons (Fsp3) is 0.300. The quantitative estimate of drug-likeness (QED) is 0.788. The molecule has 3 rings (SSSR count). The lowest BCUT2D eigenvalue weighted by Gasteiger charge is -2.12. The van der Waals surface area contributed by atoms with Gasteiger partial charge in [0, 0.05) is 5.57 Å². The first-order chi connectivity index (χ1) is 8.72. The van der Waals surface area contributed by atoms with E-state index in [1.165, 1.54) is 17.2 Å². The first-order valence-corrected chi connectivity index (χ1v) is 5.25. The van der Waals surface area contributed by atoms with E-state index in [-0.39, 0.29) is 24.6 Å². The molecule has 0 radical (unpaired) electrons. The molecule has 3 heterocycles. The van der Waals surface area contributed by atoms with Gasteiger partial charge in [0.1, 0.15) is 18.2 Å². The van der Waals surface area contributed by atoms with Crippen LogP contribution in [0.3, 0.4) is 0 Å². The van der Waals surface area contributed by atoms with Crippen LogP contribution < -0.4 is 5.73 Å². The van der Waals surface area contributed by atoms with Gasteiger partial charge in [-0.2, -0.15) is 0 Å². The second kappa shape index (κ2) is 4.00. The van der Waals surface area contributed by atoms with Crippen molar-refractivity contribution < 1.29 is 14.2 Å². The van der Waals surface area contributed by atoms with Crippen LogP contribution in [0.2, 0.25) is 0 Å². The average molecular weight is 251 g/mol. The molecule has 0 saturated heterocycles. The second-order valence-electron chi connectivity index (χ2n) is 3.86. The highest BCUT2D eigenvalue weighted by molar-refractivity contribution is 5.81. The Balaban J connectivity index is 2.14. The van der Waals surface area contributed by atoms with Gasteiger partial charge in [0.05, 0.1) is 13.2 Å². The number of nitrogens with zero attached hydrogens (tertiary/aromatic N) is 4. The Hall–Kier alpha value is -2.06. The number of nitrogens with two attached hydrogens (primary N) is 1. The van der Waals surface area contributed by atoms with Crippen LogP contribution in [-0.2, 0) is 4.74 Å². The third-order valence-electron chi connectivity index (χ3n) is 2.81. The normalized spacial score (nSPS) is 20.0. The average Bonchev–Trinajstić information content (AvgIpc) is 2.93. The number of nitrogen functional groups attached to an aromatic ring is 1. The standard InChI is InChI=1S/C10H10FN5O2/c11-6-5(1-17)2-18-10(6)16-4-15-9-7(16)8(12)13-3-14-9/h3-4,10,17H,1-2H2,(H2,12,13,14)/t10-/m1/s1. The molecule has 0 unspecified atom stereocenters. The zero-order chi connectivity index (χ0) is 12.7. The largest absolute Gasteiger partial charge is 0.392 e. The SMILES string of the molecule is Nc1ncnc2ncn([C@@H]3OCC(CO)=C3F)c12. The van der Waals surface area contributed by atoms with E-state index in [0.29, 0.717) is 11.2 Å². The zero-order valence-corrected chi connectivity index (χ0v) is 9.25. The molecule has 1 atom stereocenters. The number of hydrogen-bond acceptors (Lipinski definition) is 6. The van der Waals surface area contributed by atoms with Crippen LogP contribution >= 0.6 is 0 Å². The summed E-state index contributed by atoms with van der Waals surface area (Å²) >= 11 is 0. The zero-order valence-electron chi connectivity index (χ0n) is 9.25. The van der Waals surface area contributed by atoms with Crippen molar-refractivity contribution in [3.05, 3.63) is 24.1 Å². The van der Waals surface area contributed by atoms with E-state index in [0.717, 1.165) is 0 Å². The number of fused-ring (bicyclic) bond motifs is 1. The number of imidazole rings is 1. The monoisotopic (exact) mass is 251 g/mol. The smallest absolute Gasteiger partial charge is 0.188 e. The van der Waals surface area contributed by atoms with Gasteiger partial charge in [0.2, 0.25) is 0 Å². The molecule has 3 N–H and O–H groups in total. The van der Waals surface area contributed by atoms with Gasteiger partial charge in [-0.1, -0.05) is 0 Å². The Labute approximate surface area is 101 Å². The molecule has 18 heavy (non-hydrogen) atoms. The van der Waals surface area contributed by atoms with Crippen molar-refractivity contribution in [2.24, 2.45) is 0 Å². The minimum Gasteiger partial charge on any atom is -0.392 e. The summed E-state index contributed by atoms with van der Waals surface area (Å²) in [5.74, 6) is -0.327. The third kappa shape index (κ3) is 1.46. The Kier molecular flexibility index (Phi) is 2.46. The minimum absolute atomic E-state index is 0.0419. The van der Waals surface area contributed by atoms with Gasteiger partial charge < -0.3 is 15.6 Å². The molecule has 0 saturated carbocycles. The fourth-order valence-corrected chi connectivity index (χ4v) is 1.90. The third-order valence-corrected chi connectivity index (χ3v) is 2.81. The summed E-state index contributed by atoms with van der Waals surface area (Å²) in [7, 11) is 0. The van der Waals surface area contributed by atoms with Crippen molar-refractivity contribution in [2.75, 3.05) is 18.9 Å². The maximum absolute atomic E-state index is 13.9. The topological polar surface area (TPSA) is 99.1 Å². The summed E-state index contributed by atoms with van der Waals surface area (Å²) in [5, 5.41) is 8.97. The lowest BCUT2D eigenvalue weighted by Crippen LogP contribution is -2.09. The van der Waals surface area contributed by atoms with Gasteiger partial charge >= 0.3 is 0 Å². The lowest BCUT2D eigenvalue weighted by atomic mass is 10.3. The molecule has 2 aromatic rings. The van der Waals surface area contributed by atoms with Gasteiger partial charge in [0.15, 0.2) is 23.5 Å². The minimum atomic E-state index is -0.967. The highest BCUT2D eigenvalue weighted by Gasteiger charge is 2.29. The summed E-state index contributed by atoms with van der Waals surface area (Å²) in [6, 6.07) is 0. The van der Waals surface area contributed by atoms with Crippen LogP contribution in [-0.4, -0.2) is 37.8 Å². The van der Waals surface area contributed by atoms with Gasteiger partial charge in [-0.05, 0) is 0 Å². The Morgan fingerprint density at radius 3 is 3.06 bits per heavy atom. The highest BCUT2D eigenvalue weighted by Crippen LogP contribution is 2.33. The molecular weight excluding hydrogens is 241 g/mol. The van der Waals surface area contributed by atoms with E-state index in [4.69, 9.17) is 15.6 Å². The van der Waals surface area contributed by atoms with Gasteiger partial charge in [0.25, 0.3) is 0 Å². The van der Waals surface area contributed by atoms with Crippen LogP contribution in [0.1, 0.15) is 6.23 Å². The number of aliphatic hydroxyl groups is 1. The van der Waals surface area contributed by atoms with E-state index in [9.17, 15) is 4.39 Å². The number of hydrogen-bond donors (Lipinski definition) is 2. The van der Waals surface area contributed by atoms with Gasteiger partial charge in [-0.25, -0.2) is 19.3 Å². The molecule has 2 aromatic heterocycles. The first-order valence-electron chi connectivity index (χ1n) is 5.25. The maximum Gasteiger partial charge on any atom is 0.188 e. The summed E-state index contributed by atoms with van der Waals surface area (Å²) < 4.78 is 20.6. The highest BCUT2D eigenvalue weighted by atomic mass is 19.1. The van der Waals surface area contributed by atoms with E-state index in [2.05, 4.69) is 15.0 Å². The fourth-order valence-electron chi connectivity index (χ4n) is 1.90. The molecule has 0 aromatic carbocycles. The molecule has 7 nitrogen and oxygen atoms in total. The molecule has 0 fully saturated rings. The van der Waals surface area contributed by atoms with Crippen LogP contribution in [0.4, 0.5) is 10.2 Å². The molecule has 1 aliphatic rings. The summed E-state index contributed by atoms with van der Waals surface area (Å²) in [6.45, 7) is -0.332. The predicted molar refractivity (Wildman–Crippen MR) is 59.9 cm³/mol. The van der Waals surface area contributed by atoms with Crippen molar-refractivity contribution in [3.63, 3.8) is 0 Å². The Morgan fingerprint density at radius 1 is 1.50 bits per heavy atom. The first kappa shape index (κ1) is 11.1. The molecule has 0 amide bonds. The molecule has 0 aliphatic carbocycles. The van der Waals surface area contributed by atoms with Crippen LogP contribution in [0, 0.1) is 0 Å². The van der Waals surface area contributed by atoms with Gasteiger partial charge in [-0.3, -0.25) is 4.57 Å². The molecule has 0 bridgehead atoms. The van der Waals surface area contributed by atoms with Crippen molar-refractivity contribution in [2.45, 2.75) is 6.23 Å². The van der Waals surface area contributed by atoms with Crippen molar-refractivity contribution in [3.8, 4) is 0 Å². The maximum atomic E-state index is 13.9. The predicted octanol–water partition coefficient (Wildman–Crippen LogP) is 0.153. The van der Waals surface area contributed by atoms with Crippen molar-refractivity contribution >= 4 is 17.0 Å². The summed E-state index contributed by atoms with van der Waals surface area (Å²) in [4.78, 5) is 11.8. The number of anilines is 1. The van der Waals surface area contributed by atoms with Crippen LogP contribution in [0.15, 0.2) is 24.1 Å². The lowest BCUT2D eigenvalue weighted by molar-refractivity contribution is 0.0564. The van der Waals surface area contributed by atoms with Crippen molar-refractivity contribution in [1.29, 1.82) is 0 Å². The van der Waals surface area contributed by atoms with E-state index in [1.807, 2.05) is 0 Å². The summed E-state index contributed by atoms with van der Waals surface area (Å²) in [5.41, 5.74) is 6.73. The van der Waals surface area contributed by atoms with Crippen LogP contribution in [0.25, 0.3) is 11.2 Å².